The van der Waals surface area contributed by atoms with E-state index in [2.05, 4.69) is 160 Å². The first-order chi connectivity index (χ1) is 31.3. The second-order valence-corrected chi connectivity index (χ2v) is 16.5. The average Bonchev–Trinajstić information content (AvgIpc) is 3.29. The Labute approximate surface area is 388 Å². The Kier molecular flexibility index (Phi) is 46.0. The number of hydrogen-bond acceptors (Lipinski definition) is 8. The minimum Gasteiger partial charge on any atom is -0.457 e. The first kappa shape index (κ1) is 60.3. The molecule has 0 aromatic rings. The minimum absolute atomic E-state index is 0.00635. The van der Waals surface area contributed by atoms with Gasteiger partial charge < -0.3 is 24.6 Å². The van der Waals surface area contributed by atoms with Crippen LogP contribution in [-0.2, 0) is 27.9 Å². The van der Waals surface area contributed by atoms with Gasteiger partial charge in [-0.1, -0.05) is 166 Å². The molecule has 10 heteroatoms. The lowest BCUT2D eigenvalue weighted by atomic mass is 10.1. The molecule has 0 rings (SSSR count). The third-order valence-corrected chi connectivity index (χ3v) is 9.97. The summed E-state index contributed by atoms with van der Waals surface area (Å²) in [5, 5.41) is 18.4. The molecule has 0 aliphatic heterocycles. The van der Waals surface area contributed by atoms with Crippen LogP contribution in [0.5, 0.6) is 0 Å². The monoisotopic (exact) mass is 909 g/mol. The van der Waals surface area contributed by atoms with E-state index in [4.69, 9.17) is 23.6 Å². The number of esters is 1. The highest BCUT2D eigenvalue weighted by Crippen LogP contribution is 2.43. The molecule has 64 heavy (non-hydrogen) atoms. The van der Waals surface area contributed by atoms with Gasteiger partial charge in [0.2, 0.25) is 0 Å². The van der Waals surface area contributed by atoms with Crippen LogP contribution in [-0.4, -0.2) is 66.3 Å². The van der Waals surface area contributed by atoms with Crippen molar-refractivity contribution in [3.8, 4) is 0 Å². The van der Waals surface area contributed by atoms with Crippen molar-refractivity contribution in [2.75, 3.05) is 33.0 Å². The second-order valence-electron chi connectivity index (χ2n) is 15.0. The lowest BCUT2D eigenvalue weighted by Gasteiger charge is -2.20. The Hall–Kier alpha value is -3.66. The second kappa shape index (κ2) is 48.8. The molecule has 0 aliphatic carbocycles. The van der Waals surface area contributed by atoms with Gasteiger partial charge in [-0.15, -0.1) is 0 Å². The molecule has 0 aromatic heterocycles. The molecule has 0 radical (unpaired) electrons. The quantitative estimate of drug-likeness (QED) is 0.0237. The van der Waals surface area contributed by atoms with E-state index in [0.717, 1.165) is 116 Å². The number of unbranched alkanes of at least 4 members (excludes halogenated alkanes) is 5. The number of aliphatic hydroxyl groups is 2. The summed E-state index contributed by atoms with van der Waals surface area (Å²) in [6, 6.07) is 0. The molecule has 360 valence electrons. The van der Waals surface area contributed by atoms with Gasteiger partial charge in [-0.2, -0.15) is 0 Å². The molecule has 0 heterocycles. The van der Waals surface area contributed by atoms with Gasteiger partial charge in [0.05, 0.1) is 26.4 Å². The van der Waals surface area contributed by atoms with Gasteiger partial charge in [-0.3, -0.25) is 13.8 Å². The minimum atomic E-state index is -4.56. The predicted molar refractivity (Wildman–Crippen MR) is 269 cm³/mol. The molecule has 3 N–H and O–H groups in total. The SMILES string of the molecule is CC/C=C\C/C=C\C/C=C\C/C=C\C/C=C\C/C=C\C/C=C\CCCCOCC(COP(=O)(O)OCC(O)CO)OC(=O)CCCCC/C=C\C/C=C\C/C=C\C/C=C\C/C=C\CC. The van der Waals surface area contributed by atoms with Crippen LogP contribution in [0.4, 0.5) is 0 Å². The van der Waals surface area contributed by atoms with Crippen LogP contribution in [0.1, 0.15) is 142 Å². The highest BCUT2D eigenvalue weighted by molar-refractivity contribution is 7.47. The fourth-order valence-corrected chi connectivity index (χ4v) is 6.27. The number of allylic oxidation sites excluding steroid dienone is 24. The summed E-state index contributed by atoms with van der Waals surface area (Å²) in [6.07, 6.45) is 68.2. The van der Waals surface area contributed by atoms with Gasteiger partial charge in [0.1, 0.15) is 12.2 Å². The predicted octanol–water partition coefficient (Wildman–Crippen LogP) is 13.9. The Morgan fingerprint density at radius 1 is 0.484 bits per heavy atom. The molecule has 0 bridgehead atoms. The summed E-state index contributed by atoms with van der Waals surface area (Å²) in [6.45, 7) is 3.08. The van der Waals surface area contributed by atoms with E-state index in [0.29, 0.717) is 13.0 Å². The molecule has 3 atom stereocenters. The molecule has 3 unspecified atom stereocenters. The molecular formula is C54H85O9P. The summed E-state index contributed by atoms with van der Waals surface area (Å²) >= 11 is 0. The zero-order chi connectivity index (χ0) is 46.7. The van der Waals surface area contributed by atoms with Gasteiger partial charge >= 0.3 is 13.8 Å². The number of carbonyl (C=O) groups excluding carboxylic acids is 1. The number of aliphatic hydroxyl groups excluding tert-OH is 2. The van der Waals surface area contributed by atoms with Crippen molar-refractivity contribution in [3.05, 3.63) is 146 Å². The smallest absolute Gasteiger partial charge is 0.457 e. The summed E-state index contributed by atoms with van der Waals surface area (Å²) in [5.74, 6) is -0.437. The fourth-order valence-electron chi connectivity index (χ4n) is 5.48. The number of hydrogen-bond donors (Lipinski definition) is 3. The lowest BCUT2D eigenvalue weighted by Crippen LogP contribution is -2.29. The van der Waals surface area contributed by atoms with Crippen molar-refractivity contribution in [2.24, 2.45) is 0 Å². The van der Waals surface area contributed by atoms with E-state index in [9.17, 15) is 19.4 Å². The maximum absolute atomic E-state index is 12.7. The third-order valence-electron chi connectivity index (χ3n) is 9.02. The molecule has 0 saturated carbocycles. The summed E-state index contributed by atoms with van der Waals surface area (Å²) in [4.78, 5) is 22.6. The van der Waals surface area contributed by atoms with Crippen LogP contribution in [0.15, 0.2) is 146 Å². The van der Waals surface area contributed by atoms with E-state index >= 15 is 0 Å². The maximum atomic E-state index is 12.7. The highest BCUT2D eigenvalue weighted by atomic mass is 31.2. The first-order valence-electron chi connectivity index (χ1n) is 23.8. The van der Waals surface area contributed by atoms with Crippen molar-refractivity contribution < 1.29 is 43.0 Å². The van der Waals surface area contributed by atoms with Crippen LogP contribution in [0.25, 0.3) is 0 Å². The average molecular weight is 909 g/mol. The van der Waals surface area contributed by atoms with Crippen LogP contribution >= 0.6 is 7.82 Å². The zero-order valence-corrected chi connectivity index (χ0v) is 40.3. The Balaban J connectivity index is 4.33. The van der Waals surface area contributed by atoms with Crippen LogP contribution < -0.4 is 0 Å². The topological polar surface area (TPSA) is 132 Å². The van der Waals surface area contributed by atoms with Crippen molar-refractivity contribution in [3.63, 3.8) is 0 Å². The van der Waals surface area contributed by atoms with E-state index in [1.807, 2.05) is 0 Å². The standard InChI is InChI=1S/C54H85O9P/c1-3-5-7-9-11-13-15-17-19-21-23-24-25-26-27-29-31-33-35-37-39-41-43-45-47-60-50-53(51-62-64(58,59)61-49-52(56)48-55)63-54(57)46-44-42-40-38-36-34-32-30-28-22-20-18-16-14-12-10-8-6-4-2/h5-8,11-14,17-20,23-24,26-28,30-31,33-34,36-37,39,52-53,55-56H,3-4,9-10,15-16,21-22,25,29,32,35,38,40-51H2,1-2H3,(H,58,59)/b7-5-,8-6-,13-11-,14-12-,19-17-,20-18-,24-23-,27-26-,30-28-,33-31-,36-34-,39-37-. The largest absolute Gasteiger partial charge is 0.472 e. The fraction of sp³-hybridized carbons (Fsp3) is 0.537. The van der Waals surface area contributed by atoms with Gasteiger partial charge in [-0.25, -0.2) is 4.57 Å². The molecule has 0 spiro atoms. The normalized spacial score (nSPS) is 15.1. The van der Waals surface area contributed by atoms with Crippen molar-refractivity contribution in [1.82, 2.24) is 0 Å². The van der Waals surface area contributed by atoms with E-state index in [1.165, 1.54) is 0 Å². The molecule has 0 aromatic carbocycles. The molecular weight excluding hydrogens is 824 g/mol. The number of carbonyl (C=O) groups is 1. The summed E-state index contributed by atoms with van der Waals surface area (Å²) in [5.41, 5.74) is 0. The van der Waals surface area contributed by atoms with E-state index in [-0.39, 0.29) is 13.0 Å². The molecule has 0 fully saturated rings. The van der Waals surface area contributed by atoms with E-state index in [1.54, 1.807) is 0 Å². The summed E-state index contributed by atoms with van der Waals surface area (Å²) in [7, 11) is -4.56. The van der Waals surface area contributed by atoms with E-state index < -0.39 is 45.8 Å². The molecule has 0 saturated heterocycles. The summed E-state index contributed by atoms with van der Waals surface area (Å²) < 4.78 is 33.4. The van der Waals surface area contributed by atoms with Crippen LogP contribution in [0.2, 0.25) is 0 Å². The lowest BCUT2D eigenvalue weighted by molar-refractivity contribution is -0.154. The number of phosphoric ester groups is 1. The highest BCUT2D eigenvalue weighted by Gasteiger charge is 2.26. The van der Waals surface area contributed by atoms with Crippen molar-refractivity contribution in [2.45, 2.75) is 154 Å². The number of phosphoric acid groups is 1. The molecule has 9 nitrogen and oxygen atoms in total. The van der Waals surface area contributed by atoms with Gasteiger partial charge in [0.15, 0.2) is 0 Å². The Morgan fingerprint density at radius 3 is 1.23 bits per heavy atom. The van der Waals surface area contributed by atoms with Gasteiger partial charge in [0.25, 0.3) is 0 Å². The zero-order valence-electron chi connectivity index (χ0n) is 39.4. The Bertz CT molecular complexity index is 1500. The molecule has 0 amide bonds. The third kappa shape index (κ3) is 47.8. The number of ether oxygens (including phenoxy) is 2. The number of rotatable bonds is 43. The maximum Gasteiger partial charge on any atom is 0.472 e. The molecule has 0 aliphatic rings. The van der Waals surface area contributed by atoms with Crippen molar-refractivity contribution in [1.29, 1.82) is 0 Å². The van der Waals surface area contributed by atoms with Gasteiger partial charge in [0, 0.05) is 13.0 Å². The van der Waals surface area contributed by atoms with Crippen LogP contribution in [0, 0.1) is 0 Å². The Morgan fingerprint density at radius 2 is 0.844 bits per heavy atom. The first-order valence-corrected chi connectivity index (χ1v) is 25.3. The van der Waals surface area contributed by atoms with Gasteiger partial charge in [-0.05, 0) is 116 Å². The van der Waals surface area contributed by atoms with Crippen molar-refractivity contribution >= 4 is 13.8 Å². The van der Waals surface area contributed by atoms with Crippen LogP contribution in [0.3, 0.4) is 0 Å².